The topological polar surface area (TPSA) is 86.7 Å². The Morgan fingerprint density at radius 2 is 1.76 bits per heavy atom. The molecule has 2 amide bonds. The van der Waals surface area contributed by atoms with Crippen molar-refractivity contribution in [3.8, 4) is 0 Å². The third-order valence-electron chi connectivity index (χ3n) is 4.53. The Balaban J connectivity index is 1.83. The lowest BCUT2D eigenvalue weighted by molar-refractivity contribution is -0.144. The molecule has 136 valence electrons. The number of carbonyl (C=O) groups excluding carboxylic acids is 2. The van der Waals surface area contributed by atoms with Crippen molar-refractivity contribution in [2.45, 2.75) is 45.1 Å². The number of carboxylic acids is 1. The van der Waals surface area contributed by atoms with Crippen LogP contribution in [-0.4, -0.2) is 40.9 Å². The van der Waals surface area contributed by atoms with Crippen LogP contribution in [0.25, 0.3) is 0 Å². The van der Waals surface area contributed by atoms with E-state index in [1.165, 1.54) is 24.2 Å². The van der Waals surface area contributed by atoms with Crippen molar-refractivity contribution in [2.75, 3.05) is 13.1 Å². The molecule has 25 heavy (non-hydrogen) atoms. The van der Waals surface area contributed by atoms with Gasteiger partial charge in [-0.15, -0.1) is 0 Å². The molecule has 1 saturated carbocycles. The predicted octanol–water partition coefficient (Wildman–Crippen LogP) is 2.19. The molecule has 1 aliphatic carbocycles. The van der Waals surface area contributed by atoms with Crippen LogP contribution in [0.5, 0.6) is 0 Å². The van der Waals surface area contributed by atoms with Gasteiger partial charge in [0.15, 0.2) is 0 Å². The standard InChI is InChI=1S/C19H26N2O4/c22-17(11-15-7-3-1-4-8-15)20-12-18(23)21(14-19(24)25)13-16-9-5-2-6-10-16/h2,5-6,9-10,15H,1,3-4,7-8,11-14H2,(H,20,22)(H,24,25). The lowest BCUT2D eigenvalue weighted by Gasteiger charge is -2.22. The van der Waals surface area contributed by atoms with Crippen molar-refractivity contribution in [1.82, 2.24) is 10.2 Å². The summed E-state index contributed by atoms with van der Waals surface area (Å²) in [6, 6.07) is 9.21. The van der Waals surface area contributed by atoms with Gasteiger partial charge < -0.3 is 15.3 Å². The van der Waals surface area contributed by atoms with E-state index >= 15 is 0 Å². The first kappa shape index (κ1) is 19.0. The van der Waals surface area contributed by atoms with Gasteiger partial charge in [0, 0.05) is 13.0 Å². The number of carbonyl (C=O) groups is 3. The van der Waals surface area contributed by atoms with Gasteiger partial charge in [0.25, 0.3) is 0 Å². The molecular formula is C19H26N2O4. The number of benzene rings is 1. The average Bonchev–Trinajstić information content (AvgIpc) is 2.60. The molecule has 2 N–H and O–H groups in total. The summed E-state index contributed by atoms with van der Waals surface area (Å²) in [7, 11) is 0. The zero-order valence-corrected chi connectivity index (χ0v) is 14.4. The van der Waals surface area contributed by atoms with Gasteiger partial charge in [-0.1, -0.05) is 49.6 Å². The summed E-state index contributed by atoms with van der Waals surface area (Å²) in [5.74, 6) is -1.18. The maximum absolute atomic E-state index is 12.3. The molecule has 0 saturated heterocycles. The minimum absolute atomic E-state index is 0.129. The van der Waals surface area contributed by atoms with Crippen LogP contribution in [0.3, 0.4) is 0 Å². The SMILES string of the molecule is O=C(O)CN(Cc1ccccc1)C(=O)CNC(=O)CC1CCCCC1. The van der Waals surface area contributed by atoms with Crippen LogP contribution in [0.15, 0.2) is 30.3 Å². The quantitative estimate of drug-likeness (QED) is 0.755. The van der Waals surface area contributed by atoms with E-state index in [1.54, 1.807) is 0 Å². The molecule has 0 heterocycles. The molecule has 0 spiro atoms. The summed E-state index contributed by atoms with van der Waals surface area (Å²) in [5.41, 5.74) is 0.852. The number of hydrogen-bond donors (Lipinski definition) is 2. The van der Waals surface area contributed by atoms with Gasteiger partial charge in [-0.25, -0.2) is 0 Å². The second kappa shape index (κ2) is 9.81. The van der Waals surface area contributed by atoms with E-state index in [1.807, 2.05) is 30.3 Å². The minimum Gasteiger partial charge on any atom is -0.480 e. The Labute approximate surface area is 148 Å². The normalized spacial score (nSPS) is 14.7. The maximum Gasteiger partial charge on any atom is 0.323 e. The maximum atomic E-state index is 12.3. The second-order valence-electron chi connectivity index (χ2n) is 6.61. The highest BCUT2D eigenvalue weighted by Gasteiger charge is 2.20. The van der Waals surface area contributed by atoms with E-state index in [0.717, 1.165) is 18.4 Å². The predicted molar refractivity (Wildman–Crippen MR) is 93.7 cm³/mol. The molecule has 1 aliphatic rings. The molecule has 6 nitrogen and oxygen atoms in total. The van der Waals surface area contributed by atoms with E-state index in [9.17, 15) is 14.4 Å². The fourth-order valence-electron chi connectivity index (χ4n) is 3.21. The fraction of sp³-hybridized carbons (Fsp3) is 0.526. The van der Waals surface area contributed by atoms with Crippen molar-refractivity contribution in [2.24, 2.45) is 5.92 Å². The number of nitrogens with zero attached hydrogens (tertiary/aromatic N) is 1. The van der Waals surface area contributed by atoms with Crippen molar-refractivity contribution in [1.29, 1.82) is 0 Å². The first-order valence-electron chi connectivity index (χ1n) is 8.85. The Hall–Kier alpha value is -2.37. The van der Waals surface area contributed by atoms with E-state index < -0.39 is 5.97 Å². The number of rotatable bonds is 8. The van der Waals surface area contributed by atoms with Crippen molar-refractivity contribution in [3.63, 3.8) is 0 Å². The molecule has 1 fully saturated rings. The number of hydrogen-bond acceptors (Lipinski definition) is 3. The summed E-state index contributed by atoms with van der Waals surface area (Å²) in [4.78, 5) is 36.6. The largest absolute Gasteiger partial charge is 0.480 e. The van der Waals surface area contributed by atoms with Crippen LogP contribution in [0, 0.1) is 5.92 Å². The Kier molecular flexibility index (Phi) is 7.44. The number of aliphatic carboxylic acids is 1. The van der Waals surface area contributed by atoms with Crippen LogP contribution in [-0.2, 0) is 20.9 Å². The first-order chi connectivity index (χ1) is 12.0. The summed E-state index contributed by atoms with van der Waals surface area (Å²) >= 11 is 0. The number of carboxylic acid groups (broad SMARTS) is 1. The Bertz CT molecular complexity index is 582. The van der Waals surface area contributed by atoms with Gasteiger partial charge in [0.2, 0.25) is 11.8 Å². The molecule has 0 radical (unpaired) electrons. The van der Waals surface area contributed by atoms with Gasteiger partial charge in [0.1, 0.15) is 6.54 Å². The van der Waals surface area contributed by atoms with Crippen molar-refractivity contribution >= 4 is 17.8 Å². The number of amides is 2. The molecule has 0 aliphatic heterocycles. The van der Waals surface area contributed by atoms with Gasteiger partial charge in [-0.05, 0) is 24.3 Å². The highest BCUT2D eigenvalue weighted by atomic mass is 16.4. The molecule has 1 aromatic carbocycles. The van der Waals surface area contributed by atoms with Gasteiger partial charge in [0.05, 0.1) is 6.54 Å². The second-order valence-corrected chi connectivity index (χ2v) is 6.61. The molecule has 0 bridgehead atoms. The van der Waals surface area contributed by atoms with Crippen molar-refractivity contribution in [3.05, 3.63) is 35.9 Å². The fourth-order valence-corrected chi connectivity index (χ4v) is 3.21. The monoisotopic (exact) mass is 346 g/mol. The van der Waals surface area contributed by atoms with Crippen LogP contribution in [0.2, 0.25) is 0 Å². The molecule has 1 aromatic rings. The van der Waals surface area contributed by atoms with E-state index in [-0.39, 0.29) is 31.4 Å². The molecule has 0 atom stereocenters. The zero-order chi connectivity index (χ0) is 18.1. The third kappa shape index (κ3) is 6.95. The number of nitrogens with one attached hydrogen (secondary N) is 1. The van der Waals surface area contributed by atoms with E-state index in [2.05, 4.69) is 5.32 Å². The minimum atomic E-state index is -1.07. The highest BCUT2D eigenvalue weighted by molar-refractivity contribution is 5.86. The van der Waals surface area contributed by atoms with Gasteiger partial charge >= 0.3 is 5.97 Å². The van der Waals surface area contributed by atoms with Crippen molar-refractivity contribution < 1.29 is 19.5 Å². The van der Waals surface area contributed by atoms with E-state index in [4.69, 9.17) is 5.11 Å². The first-order valence-corrected chi connectivity index (χ1v) is 8.85. The lowest BCUT2D eigenvalue weighted by atomic mass is 9.87. The van der Waals surface area contributed by atoms with E-state index in [0.29, 0.717) is 12.3 Å². The lowest BCUT2D eigenvalue weighted by Crippen LogP contribution is -2.42. The van der Waals surface area contributed by atoms with Crippen LogP contribution in [0.4, 0.5) is 0 Å². The summed E-state index contributed by atoms with van der Waals surface area (Å²) in [6.45, 7) is -0.331. The summed E-state index contributed by atoms with van der Waals surface area (Å²) < 4.78 is 0. The summed E-state index contributed by atoms with van der Waals surface area (Å²) in [6.07, 6.45) is 6.16. The highest BCUT2D eigenvalue weighted by Crippen LogP contribution is 2.25. The molecule has 0 unspecified atom stereocenters. The van der Waals surface area contributed by atoms with Gasteiger partial charge in [-0.2, -0.15) is 0 Å². The van der Waals surface area contributed by atoms with Gasteiger partial charge in [-0.3, -0.25) is 14.4 Å². The molecule has 0 aromatic heterocycles. The Morgan fingerprint density at radius 3 is 2.40 bits per heavy atom. The smallest absolute Gasteiger partial charge is 0.323 e. The average molecular weight is 346 g/mol. The molecule has 2 rings (SSSR count). The van der Waals surface area contributed by atoms with Crippen LogP contribution < -0.4 is 5.32 Å². The van der Waals surface area contributed by atoms with Crippen LogP contribution in [0.1, 0.15) is 44.1 Å². The molecular weight excluding hydrogens is 320 g/mol. The third-order valence-corrected chi connectivity index (χ3v) is 4.53. The zero-order valence-electron chi connectivity index (χ0n) is 14.4. The van der Waals surface area contributed by atoms with Crippen LogP contribution >= 0.6 is 0 Å². The Morgan fingerprint density at radius 1 is 1.08 bits per heavy atom. The summed E-state index contributed by atoms with van der Waals surface area (Å²) in [5, 5.41) is 11.7. The molecule has 6 heteroatoms.